The van der Waals surface area contributed by atoms with Gasteiger partial charge in [-0.25, -0.2) is 0 Å². The summed E-state index contributed by atoms with van der Waals surface area (Å²) in [6, 6.07) is 0. The van der Waals surface area contributed by atoms with E-state index in [1.807, 2.05) is 0 Å². The van der Waals surface area contributed by atoms with Crippen LogP contribution in [0.1, 0.15) is 51.3 Å². The van der Waals surface area contributed by atoms with Crippen molar-refractivity contribution in [3.8, 4) is 0 Å². The Bertz CT molecular complexity index is 447. The highest BCUT2D eigenvalue weighted by molar-refractivity contribution is 7.71. The molecule has 0 aliphatic heterocycles. The van der Waals surface area contributed by atoms with Crippen molar-refractivity contribution >= 4 is 12.2 Å². The minimum absolute atomic E-state index is 0.624. The summed E-state index contributed by atoms with van der Waals surface area (Å²) in [4.78, 5) is 0. The zero-order valence-corrected chi connectivity index (χ0v) is 11.5. The molecular formula is C13H21N3S. The summed E-state index contributed by atoms with van der Waals surface area (Å²) < 4.78 is 3.04. The van der Waals surface area contributed by atoms with Crippen LogP contribution in [0.5, 0.6) is 0 Å². The Balaban J connectivity index is 1.86. The number of hydrogen-bond donors (Lipinski definition) is 1. The summed E-state index contributed by atoms with van der Waals surface area (Å²) in [6.45, 7) is 5.47. The monoisotopic (exact) mass is 251 g/mol. The Kier molecular flexibility index (Phi) is 2.85. The zero-order chi connectivity index (χ0) is 12.0. The average molecular weight is 251 g/mol. The highest BCUT2D eigenvalue weighted by atomic mass is 32.1. The topological polar surface area (TPSA) is 33.6 Å². The van der Waals surface area contributed by atoms with Crippen molar-refractivity contribution in [2.75, 3.05) is 0 Å². The van der Waals surface area contributed by atoms with Gasteiger partial charge < -0.3 is 4.57 Å². The number of H-pyrrole nitrogens is 1. The third-order valence-electron chi connectivity index (χ3n) is 4.29. The molecule has 0 radical (unpaired) electrons. The van der Waals surface area contributed by atoms with E-state index in [0.717, 1.165) is 23.2 Å². The molecular weight excluding hydrogens is 230 g/mol. The van der Waals surface area contributed by atoms with Crippen LogP contribution in [-0.2, 0) is 6.54 Å². The van der Waals surface area contributed by atoms with Crippen molar-refractivity contribution in [1.82, 2.24) is 14.8 Å². The molecule has 1 heterocycles. The van der Waals surface area contributed by atoms with Gasteiger partial charge in [-0.1, -0.05) is 26.7 Å². The van der Waals surface area contributed by atoms with Gasteiger partial charge in [-0.05, 0) is 42.8 Å². The van der Waals surface area contributed by atoms with E-state index in [9.17, 15) is 0 Å². The minimum atomic E-state index is 0.624. The minimum Gasteiger partial charge on any atom is -0.304 e. The standard InChI is InChI=1S/C13H21N3S/c1-8(2)7-16-12(14-15-13(16)17)11-9-5-3-4-6-10(9)11/h8-11H,3-7H2,1-2H3,(H,15,17). The molecule has 4 heteroatoms. The molecule has 17 heavy (non-hydrogen) atoms. The molecule has 1 aromatic rings. The fraction of sp³-hybridized carbons (Fsp3) is 0.846. The molecule has 2 unspecified atom stereocenters. The molecule has 1 aromatic heterocycles. The van der Waals surface area contributed by atoms with E-state index in [0.29, 0.717) is 11.8 Å². The van der Waals surface area contributed by atoms with Gasteiger partial charge in [0, 0.05) is 12.5 Å². The first-order valence-corrected chi connectivity index (χ1v) is 7.24. The molecule has 94 valence electrons. The largest absolute Gasteiger partial charge is 0.304 e. The van der Waals surface area contributed by atoms with Crippen molar-refractivity contribution in [3.05, 3.63) is 10.6 Å². The first-order valence-electron chi connectivity index (χ1n) is 6.83. The quantitative estimate of drug-likeness (QED) is 0.834. The molecule has 2 fully saturated rings. The fourth-order valence-electron chi connectivity index (χ4n) is 3.50. The second-order valence-electron chi connectivity index (χ2n) is 6.03. The van der Waals surface area contributed by atoms with Crippen LogP contribution in [-0.4, -0.2) is 14.8 Å². The lowest BCUT2D eigenvalue weighted by atomic mass is 10.0. The van der Waals surface area contributed by atoms with E-state index in [1.54, 1.807) is 0 Å². The fourth-order valence-corrected chi connectivity index (χ4v) is 3.71. The molecule has 2 saturated carbocycles. The van der Waals surface area contributed by atoms with Crippen molar-refractivity contribution in [2.45, 2.75) is 52.0 Å². The lowest BCUT2D eigenvalue weighted by molar-refractivity contribution is 0.480. The van der Waals surface area contributed by atoms with Gasteiger partial charge in [0.25, 0.3) is 0 Å². The second-order valence-corrected chi connectivity index (χ2v) is 6.42. The molecule has 2 atom stereocenters. The van der Waals surface area contributed by atoms with E-state index in [2.05, 4.69) is 28.6 Å². The zero-order valence-electron chi connectivity index (χ0n) is 10.6. The van der Waals surface area contributed by atoms with E-state index in [4.69, 9.17) is 12.2 Å². The third kappa shape index (κ3) is 1.96. The van der Waals surface area contributed by atoms with Crippen molar-refractivity contribution < 1.29 is 0 Å². The van der Waals surface area contributed by atoms with Gasteiger partial charge in [-0.3, -0.25) is 5.10 Å². The Hall–Kier alpha value is -0.640. The van der Waals surface area contributed by atoms with E-state index >= 15 is 0 Å². The molecule has 0 amide bonds. The molecule has 0 spiro atoms. The van der Waals surface area contributed by atoms with Crippen LogP contribution in [0.4, 0.5) is 0 Å². The Morgan fingerprint density at radius 1 is 1.35 bits per heavy atom. The van der Waals surface area contributed by atoms with Crippen LogP contribution in [0.2, 0.25) is 0 Å². The predicted octanol–water partition coefficient (Wildman–Crippen LogP) is 3.50. The van der Waals surface area contributed by atoms with Gasteiger partial charge in [-0.15, -0.1) is 0 Å². The summed E-state index contributed by atoms with van der Waals surface area (Å²) >= 11 is 5.35. The number of nitrogens with zero attached hydrogens (tertiary/aromatic N) is 2. The predicted molar refractivity (Wildman–Crippen MR) is 70.4 cm³/mol. The van der Waals surface area contributed by atoms with Crippen LogP contribution >= 0.6 is 12.2 Å². The van der Waals surface area contributed by atoms with Crippen LogP contribution in [0.3, 0.4) is 0 Å². The van der Waals surface area contributed by atoms with E-state index in [-0.39, 0.29) is 0 Å². The Labute approximate surface area is 108 Å². The lowest BCUT2D eigenvalue weighted by Crippen LogP contribution is -2.08. The summed E-state index contributed by atoms with van der Waals surface area (Å²) in [5.41, 5.74) is 0. The molecule has 1 N–H and O–H groups in total. The average Bonchev–Trinajstić information content (AvgIpc) is 2.92. The summed E-state index contributed by atoms with van der Waals surface area (Å²) in [6.07, 6.45) is 5.62. The van der Waals surface area contributed by atoms with E-state index in [1.165, 1.54) is 31.5 Å². The van der Waals surface area contributed by atoms with Crippen LogP contribution in [0.25, 0.3) is 0 Å². The maximum atomic E-state index is 5.35. The van der Waals surface area contributed by atoms with Gasteiger partial charge in [-0.2, -0.15) is 5.10 Å². The number of fused-ring (bicyclic) bond motifs is 1. The summed E-state index contributed by atoms with van der Waals surface area (Å²) in [5, 5.41) is 7.49. The van der Waals surface area contributed by atoms with Gasteiger partial charge in [0.1, 0.15) is 5.82 Å². The SMILES string of the molecule is CC(C)Cn1c(C2C3CCCCC32)n[nH]c1=S. The highest BCUT2D eigenvalue weighted by Gasteiger charge is 2.53. The first kappa shape index (κ1) is 11.5. The second kappa shape index (κ2) is 4.23. The molecule has 3 nitrogen and oxygen atoms in total. The summed E-state index contributed by atoms with van der Waals surface area (Å²) in [7, 11) is 0. The molecule has 2 aliphatic rings. The van der Waals surface area contributed by atoms with Gasteiger partial charge in [0.2, 0.25) is 0 Å². The number of rotatable bonds is 3. The van der Waals surface area contributed by atoms with Gasteiger partial charge in [0.05, 0.1) is 0 Å². The van der Waals surface area contributed by atoms with Crippen LogP contribution in [0, 0.1) is 22.5 Å². The number of aromatic nitrogens is 3. The van der Waals surface area contributed by atoms with Crippen LogP contribution < -0.4 is 0 Å². The molecule has 0 aromatic carbocycles. The Morgan fingerprint density at radius 3 is 2.59 bits per heavy atom. The molecule has 0 saturated heterocycles. The van der Waals surface area contributed by atoms with Gasteiger partial charge >= 0.3 is 0 Å². The maximum Gasteiger partial charge on any atom is 0.195 e. The molecule has 0 bridgehead atoms. The highest BCUT2D eigenvalue weighted by Crippen LogP contribution is 2.60. The van der Waals surface area contributed by atoms with Crippen molar-refractivity contribution in [1.29, 1.82) is 0 Å². The normalized spacial score (nSPS) is 31.6. The van der Waals surface area contributed by atoms with Crippen molar-refractivity contribution in [2.24, 2.45) is 17.8 Å². The Morgan fingerprint density at radius 2 is 2.00 bits per heavy atom. The smallest absolute Gasteiger partial charge is 0.195 e. The lowest BCUT2D eigenvalue weighted by Gasteiger charge is -2.08. The number of hydrogen-bond acceptors (Lipinski definition) is 2. The summed E-state index contributed by atoms with van der Waals surface area (Å²) in [5.74, 6) is 4.36. The van der Waals surface area contributed by atoms with E-state index < -0.39 is 0 Å². The maximum absolute atomic E-state index is 5.35. The third-order valence-corrected chi connectivity index (χ3v) is 4.60. The van der Waals surface area contributed by atoms with Crippen molar-refractivity contribution in [3.63, 3.8) is 0 Å². The first-order chi connectivity index (χ1) is 8.18. The number of aromatic amines is 1. The molecule has 3 rings (SSSR count). The number of nitrogens with one attached hydrogen (secondary N) is 1. The van der Waals surface area contributed by atoms with Crippen LogP contribution in [0.15, 0.2) is 0 Å². The van der Waals surface area contributed by atoms with Gasteiger partial charge in [0.15, 0.2) is 4.77 Å². The molecule has 2 aliphatic carbocycles.